The summed E-state index contributed by atoms with van der Waals surface area (Å²) in [5, 5.41) is 0. The topological polar surface area (TPSA) is 0 Å². The Hall–Kier alpha value is 0.360. The van der Waals surface area contributed by atoms with Gasteiger partial charge in [0.1, 0.15) is 0 Å². The average Bonchev–Trinajstić information content (AvgIpc) is 2.52. The molecule has 4 heteroatoms. The molecule has 4 aliphatic rings. The van der Waals surface area contributed by atoms with Crippen molar-refractivity contribution in [3.63, 3.8) is 0 Å². The van der Waals surface area contributed by atoms with Gasteiger partial charge in [0.25, 0.3) is 0 Å². The Morgan fingerprint density at radius 2 is 0.923 bits per heavy atom. The third kappa shape index (κ3) is 3.02. The third-order valence-corrected chi connectivity index (χ3v) is 8.84. The molecule has 0 unspecified atom stereocenters. The smallest absolute Gasteiger partial charge is 0.0189 e. The zero-order valence-corrected chi connectivity index (χ0v) is 20.7. The fraction of sp³-hybridized carbons (Fsp3) is 0.455. The maximum absolute atomic E-state index is 3.73. The van der Waals surface area contributed by atoms with Gasteiger partial charge in [-0.2, -0.15) is 0 Å². The zero-order valence-electron chi connectivity index (χ0n) is 14.4. The minimum absolute atomic E-state index is 0.338. The lowest BCUT2D eigenvalue weighted by Crippen LogP contribution is -2.55. The van der Waals surface area contributed by atoms with Crippen LogP contribution in [-0.2, 0) is 10.8 Å². The Morgan fingerprint density at radius 3 is 1.27 bits per heavy atom. The maximum atomic E-state index is 3.73. The standard InChI is InChI=1S/C22H20Br4/c23-17-2-15(3-18(24)6-17)21-8-13-1-14(9-21)11-22(10-13,12-21)16-4-19(25)7-20(26)5-16/h2-7,13-14H,1,8-12H2. The van der Waals surface area contributed by atoms with E-state index in [1.165, 1.54) is 67.5 Å². The first-order valence-electron chi connectivity index (χ1n) is 9.29. The molecule has 136 valence electrons. The summed E-state index contributed by atoms with van der Waals surface area (Å²) in [4.78, 5) is 0. The van der Waals surface area contributed by atoms with Crippen molar-refractivity contribution in [1.29, 1.82) is 0 Å². The predicted octanol–water partition coefficient (Wildman–Crippen LogP) is 8.53. The van der Waals surface area contributed by atoms with Crippen LogP contribution in [0.15, 0.2) is 54.3 Å². The van der Waals surface area contributed by atoms with Gasteiger partial charge in [0.2, 0.25) is 0 Å². The van der Waals surface area contributed by atoms with Crippen LogP contribution in [0.25, 0.3) is 0 Å². The molecule has 4 fully saturated rings. The Morgan fingerprint density at radius 1 is 0.577 bits per heavy atom. The van der Waals surface area contributed by atoms with Gasteiger partial charge < -0.3 is 0 Å². The zero-order chi connectivity index (χ0) is 18.1. The Kier molecular flexibility index (Phi) is 4.55. The lowest BCUT2D eigenvalue weighted by atomic mass is 9.42. The van der Waals surface area contributed by atoms with E-state index in [2.05, 4.69) is 100 Å². The summed E-state index contributed by atoms with van der Waals surface area (Å²) in [6.45, 7) is 0. The third-order valence-electron chi connectivity index (χ3n) is 7.01. The quantitative estimate of drug-likeness (QED) is 0.323. The number of halogens is 4. The summed E-state index contributed by atoms with van der Waals surface area (Å²) < 4.78 is 4.77. The van der Waals surface area contributed by atoms with E-state index in [1.807, 2.05) is 0 Å². The van der Waals surface area contributed by atoms with Crippen LogP contribution in [0.2, 0.25) is 0 Å². The van der Waals surface area contributed by atoms with Crippen molar-refractivity contribution in [2.75, 3.05) is 0 Å². The van der Waals surface area contributed by atoms with Crippen LogP contribution in [0, 0.1) is 11.8 Å². The van der Waals surface area contributed by atoms with E-state index >= 15 is 0 Å². The molecule has 0 radical (unpaired) electrons. The van der Waals surface area contributed by atoms with Crippen LogP contribution in [0.5, 0.6) is 0 Å². The van der Waals surface area contributed by atoms with Crippen molar-refractivity contribution < 1.29 is 0 Å². The minimum Gasteiger partial charge on any atom is -0.0508 e. The Bertz CT molecular complexity index is 764. The van der Waals surface area contributed by atoms with Crippen LogP contribution >= 0.6 is 63.7 Å². The van der Waals surface area contributed by atoms with Gasteiger partial charge in [-0.1, -0.05) is 63.7 Å². The van der Waals surface area contributed by atoms with E-state index in [4.69, 9.17) is 0 Å². The molecule has 4 saturated carbocycles. The highest BCUT2D eigenvalue weighted by Crippen LogP contribution is 2.66. The monoisotopic (exact) mass is 600 g/mol. The van der Waals surface area contributed by atoms with Gasteiger partial charge in [-0.05, 0) is 109 Å². The van der Waals surface area contributed by atoms with E-state index in [1.54, 1.807) is 0 Å². The first-order valence-corrected chi connectivity index (χ1v) is 12.5. The first kappa shape index (κ1) is 18.4. The van der Waals surface area contributed by atoms with Crippen LogP contribution in [0.1, 0.15) is 49.7 Å². The summed E-state index contributed by atoms with van der Waals surface area (Å²) in [5.41, 5.74) is 3.74. The van der Waals surface area contributed by atoms with Crippen molar-refractivity contribution in [2.45, 2.75) is 49.4 Å². The fourth-order valence-electron chi connectivity index (χ4n) is 6.66. The highest BCUT2D eigenvalue weighted by Gasteiger charge is 2.58. The number of hydrogen-bond donors (Lipinski definition) is 0. The number of hydrogen-bond acceptors (Lipinski definition) is 0. The van der Waals surface area contributed by atoms with Crippen LogP contribution in [0.3, 0.4) is 0 Å². The molecular formula is C22H20Br4. The van der Waals surface area contributed by atoms with Crippen molar-refractivity contribution in [1.82, 2.24) is 0 Å². The normalized spacial score (nSPS) is 35.1. The van der Waals surface area contributed by atoms with Crippen LogP contribution in [-0.4, -0.2) is 0 Å². The van der Waals surface area contributed by atoms with Crippen LogP contribution < -0.4 is 0 Å². The second-order valence-corrected chi connectivity index (χ2v) is 12.5. The Balaban J connectivity index is 1.64. The highest BCUT2D eigenvalue weighted by atomic mass is 79.9. The minimum atomic E-state index is 0.338. The van der Waals surface area contributed by atoms with E-state index in [9.17, 15) is 0 Å². The van der Waals surface area contributed by atoms with E-state index in [0.717, 1.165) is 11.8 Å². The predicted molar refractivity (Wildman–Crippen MR) is 122 cm³/mol. The summed E-state index contributed by atoms with van der Waals surface area (Å²) in [5.74, 6) is 1.73. The second kappa shape index (κ2) is 6.43. The van der Waals surface area contributed by atoms with Gasteiger partial charge in [-0.15, -0.1) is 0 Å². The van der Waals surface area contributed by atoms with E-state index in [-0.39, 0.29) is 0 Å². The molecule has 0 nitrogen and oxygen atoms in total. The molecule has 4 aliphatic carbocycles. The first-order chi connectivity index (χ1) is 12.4. The molecule has 26 heavy (non-hydrogen) atoms. The molecule has 0 heterocycles. The SMILES string of the molecule is Brc1cc(Br)cc(C23CC4CC(C2)CC(c2cc(Br)cc(Br)c2)(C4)C3)c1. The molecule has 0 N–H and O–H groups in total. The van der Waals surface area contributed by atoms with Gasteiger partial charge in [-0.3, -0.25) is 0 Å². The molecule has 6 rings (SSSR count). The van der Waals surface area contributed by atoms with Gasteiger partial charge >= 0.3 is 0 Å². The molecule has 2 aromatic carbocycles. The largest absolute Gasteiger partial charge is 0.0508 e. The molecule has 0 saturated heterocycles. The van der Waals surface area contributed by atoms with Gasteiger partial charge in [0.05, 0.1) is 0 Å². The summed E-state index contributed by atoms with van der Waals surface area (Å²) in [6.07, 6.45) is 8.19. The van der Waals surface area contributed by atoms with Crippen LogP contribution in [0.4, 0.5) is 0 Å². The lowest BCUT2D eigenvalue weighted by molar-refractivity contribution is -0.0282. The maximum Gasteiger partial charge on any atom is 0.0189 e. The van der Waals surface area contributed by atoms with Crippen molar-refractivity contribution >= 4 is 63.7 Å². The van der Waals surface area contributed by atoms with Crippen molar-refractivity contribution in [2.24, 2.45) is 11.8 Å². The number of rotatable bonds is 2. The molecule has 0 amide bonds. The number of benzene rings is 2. The average molecular weight is 604 g/mol. The molecule has 0 aromatic heterocycles. The lowest BCUT2D eigenvalue weighted by Gasteiger charge is -2.63. The fourth-order valence-corrected chi connectivity index (χ4v) is 9.25. The summed E-state index contributed by atoms with van der Waals surface area (Å²) in [6, 6.07) is 13.8. The summed E-state index contributed by atoms with van der Waals surface area (Å²) in [7, 11) is 0. The van der Waals surface area contributed by atoms with Gasteiger partial charge in [0, 0.05) is 17.9 Å². The Labute approximate surface area is 189 Å². The second-order valence-electron chi connectivity index (χ2n) is 8.84. The van der Waals surface area contributed by atoms with Crippen molar-refractivity contribution in [3.05, 3.63) is 65.4 Å². The van der Waals surface area contributed by atoms with Crippen molar-refractivity contribution in [3.8, 4) is 0 Å². The molecule has 0 atom stereocenters. The molecular weight excluding hydrogens is 584 g/mol. The highest BCUT2D eigenvalue weighted by molar-refractivity contribution is 9.11. The molecule has 4 bridgehead atoms. The summed E-state index contributed by atoms with van der Waals surface area (Å²) >= 11 is 14.9. The molecule has 2 aromatic rings. The molecule has 0 spiro atoms. The van der Waals surface area contributed by atoms with Gasteiger partial charge in [0.15, 0.2) is 0 Å². The van der Waals surface area contributed by atoms with E-state index < -0.39 is 0 Å². The van der Waals surface area contributed by atoms with Gasteiger partial charge in [-0.25, -0.2) is 0 Å². The van der Waals surface area contributed by atoms with E-state index in [0.29, 0.717) is 10.8 Å². The molecule has 0 aliphatic heterocycles.